The third kappa shape index (κ3) is 2.85. The number of hydrogen-bond acceptors (Lipinski definition) is 4. The summed E-state index contributed by atoms with van der Waals surface area (Å²) in [5, 5.41) is 10.7. The Bertz CT molecular complexity index is 1200. The minimum Gasteiger partial charge on any atom is -0.312 e. The second-order valence-corrected chi connectivity index (χ2v) is 8.11. The summed E-state index contributed by atoms with van der Waals surface area (Å²) in [5.41, 5.74) is 5.46. The number of rotatable bonds is 4. The van der Waals surface area contributed by atoms with E-state index in [-0.39, 0.29) is 5.91 Å². The average Bonchev–Trinajstić information content (AvgIpc) is 3.32. The summed E-state index contributed by atoms with van der Waals surface area (Å²) in [5.74, 6) is 0.854. The first-order valence-corrected chi connectivity index (χ1v) is 10.5. The van der Waals surface area contributed by atoms with Crippen LogP contribution in [0.1, 0.15) is 17.5 Å². The first kappa shape index (κ1) is 17.3. The van der Waals surface area contributed by atoms with Gasteiger partial charge in [-0.15, -0.1) is 10.2 Å². The number of thioether (sulfide) groups is 1. The van der Waals surface area contributed by atoms with E-state index in [9.17, 15) is 4.79 Å². The van der Waals surface area contributed by atoms with Crippen molar-refractivity contribution >= 4 is 39.9 Å². The Balaban J connectivity index is 1.35. The molecule has 4 aromatic rings. The molecule has 5 rings (SSSR count). The van der Waals surface area contributed by atoms with E-state index >= 15 is 0 Å². The number of carbonyl (C=O) groups excluding carboxylic acids is 1. The second kappa shape index (κ2) is 6.95. The van der Waals surface area contributed by atoms with Crippen LogP contribution in [0.2, 0.25) is 0 Å². The Morgan fingerprint density at radius 3 is 2.86 bits per heavy atom. The fraction of sp³-hybridized carbons (Fsp3) is 0.227. The number of benzene rings is 2. The molecule has 0 N–H and O–H groups in total. The predicted octanol–water partition coefficient (Wildman–Crippen LogP) is 4.26. The van der Waals surface area contributed by atoms with Gasteiger partial charge in [0.05, 0.1) is 5.52 Å². The number of amides is 1. The normalized spacial score (nSPS) is 13.4. The maximum Gasteiger partial charge on any atom is 0.227 e. The van der Waals surface area contributed by atoms with E-state index in [2.05, 4.69) is 45.8 Å². The third-order valence-electron chi connectivity index (χ3n) is 5.31. The number of hydrogen-bond donors (Lipinski definition) is 0. The van der Waals surface area contributed by atoms with Gasteiger partial charge in [0, 0.05) is 29.8 Å². The monoisotopic (exact) mass is 388 g/mol. The highest BCUT2D eigenvalue weighted by molar-refractivity contribution is 7.99. The van der Waals surface area contributed by atoms with E-state index in [0.717, 1.165) is 35.0 Å². The summed E-state index contributed by atoms with van der Waals surface area (Å²) >= 11 is 1.59. The molecule has 6 heteroatoms. The van der Waals surface area contributed by atoms with Gasteiger partial charge in [-0.05, 0) is 42.7 Å². The van der Waals surface area contributed by atoms with E-state index in [0.29, 0.717) is 12.2 Å². The lowest BCUT2D eigenvalue weighted by Gasteiger charge is -2.17. The summed E-state index contributed by atoms with van der Waals surface area (Å²) in [6, 6.07) is 18.5. The van der Waals surface area contributed by atoms with Gasteiger partial charge in [-0.3, -0.25) is 9.20 Å². The van der Waals surface area contributed by atoms with Crippen molar-refractivity contribution in [2.24, 2.45) is 0 Å². The summed E-state index contributed by atoms with van der Waals surface area (Å²) in [6.45, 7) is 2.87. The van der Waals surface area contributed by atoms with E-state index < -0.39 is 0 Å². The first-order valence-electron chi connectivity index (χ1n) is 9.47. The summed E-state index contributed by atoms with van der Waals surface area (Å²) < 4.78 is 2.09. The van der Waals surface area contributed by atoms with Crippen molar-refractivity contribution in [2.45, 2.75) is 24.9 Å². The van der Waals surface area contributed by atoms with Gasteiger partial charge in [0.2, 0.25) is 5.91 Å². The zero-order valence-electron chi connectivity index (χ0n) is 15.6. The van der Waals surface area contributed by atoms with Crippen LogP contribution in [0.4, 0.5) is 5.69 Å². The summed E-state index contributed by atoms with van der Waals surface area (Å²) in [4.78, 5) is 14.6. The number of aromatic nitrogens is 3. The number of nitrogens with zero attached hydrogens (tertiary/aromatic N) is 4. The summed E-state index contributed by atoms with van der Waals surface area (Å²) in [7, 11) is 0. The Morgan fingerprint density at radius 2 is 1.93 bits per heavy atom. The highest BCUT2D eigenvalue weighted by Gasteiger charge is 2.23. The third-order valence-corrected chi connectivity index (χ3v) is 6.24. The number of para-hydroxylation sites is 2. The van der Waals surface area contributed by atoms with Gasteiger partial charge in [0.25, 0.3) is 0 Å². The van der Waals surface area contributed by atoms with Gasteiger partial charge in [0.15, 0.2) is 10.8 Å². The van der Waals surface area contributed by atoms with Crippen molar-refractivity contribution < 1.29 is 4.79 Å². The molecule has 0 aliphatic carbocycles. The standard InChI is InChI=1S/C22H20N4OS/c1-15-14-20-23-24-22(26(20)19-9-5-3-7-17(15)19)28-13-11-21(27)25-12-10-16-6-2-4-8-18(16)25/h2-9,14H,10-13H2,1H3. The van der Waals surface area contributed by atoms with E-state index in [1.54, 1.807) is 11.8 Å². The zero-order valence-corrected chi connectivity index (χ0v) is 16.4. The molecule has 3 heterocycles. The lowest BCUT2D eigenvalue weighted by Crippen LogP contribution is -2.29. The van der Waals surface area contributed by atoms with E-state index in [1.165, 1.54) is 16.5 Å². The SMILES string of the molecule is Cc1cc2nnc(SCCC(=O)N3CCc4ccccc43)n2c2ccccc12. The molecule has 28 heavy (non-hydrogen) atoms. The highest BCUT2D eigenvalue weighted by Crippen LogP contribution is 2.29. The molecule has 0 unspecified atom stereocenters. The maximum atomic E-state index is 12.7. The van der Waals surface area contributed by atoms with Gasteiger partial charge in [-0.2, -0.15) is 0 Å². The van der Waals surface area contributed by atoms with Crippen LogP contribution in [0, 0.1) is 6.92 Å². The lowest BCUT2D eigenvalue weighted by atomic mass is 10.1. The minimum atomic E-state index is 0.173. The van der Waals surface area contributed by atoms with Gasteiger partial charge in [0.1, 0.15) is 0 Å². The van der Waals surface area contributed by atoms with Crippen LogP contribution in [-0.2, 0) is 11.2 Å². The van der Waals surface area contributed by atoms with Crippen LogP contribution in [0.3, 0.4) is 0 Å². The first-order chi connectivity index (χ1) is 13.7. The van der Waals surface area contributed by atoms with Crippen LogP contribution in [0.5, 0.6) is 0 Å². The molecule has 0 spiro atoms. The zero-order chi connectivity index (χ0) is 19.1. The molecule has 0 fully saturated rings. The molecule has 2 aromatic heterocycles. The van der Waals surface area contributed by atoms with Gasteiger partial charge in [-0.25, -0.2) is 0 Å². The van der Waals surface area contributed by atoms with Crippen molar-refractivity contribution in [1.29, 1.82) is 0 Å². The Labute approximate surface area is 167 Å². The van der Waals surface area contributed by atoms with Crippen LogP contribution in [-0.4, -0.2) is 32.8 Å². The Hall–Kier alpha value is -2.86. The minimum absolute atomic E-state index is 0.173. The largest absolute Gasteiger partial charge is 0.312 e. The Morgan fingerprint density at radius 1 is 1.11 bits per heavy atom. The number of pyridine rings is 1. The van der Waals surface area contributed by atoms with Crippen molar-refractivity contribution in [1.82, 2.24) is 14.6 Å². The quantitative estimate of drug-likeness (QED) is 0.490. The molecule has 0 saturated carbocycles. The maximum absolute atomic E-state index is 12.7. The van der Waals surface area contributed by atoms with Crippen molar-refractivity contribution in [3.63, 3.8) is 0 Å². The molecular formula is C22H20N4OS. The van der Waals surface area contributed by atoms with Crippen molar-refractivity contribution in [3.05, 3.63) is 65.7 Å². The van der Waals surface area contributed by atoms with Crippen LogP contribution < -0.4 is 4.90 Å². The van der Waals surface area contributed by atoms with Gasteiger partial charge in [-0.1, -0.05) is 48.2 Å². The number of aryl methyl sites for hydroxylation is 1. The van der Waals surface area contributed by atoms with E-state index in [1.807, 2.05) is 35.2 Å². The molecule has 1 aliphatic heterocycles. The molecule has 5 nitrogen and oxygen atoms in total. The van der Waals surface area contributed by atoms with Crippen molar-refractivity contribution in [3.8, 4) is 0 Å². The smallest absolute Gasteiger partial charge is 0.227 e. The fourth-order valence-corrected chi connectivity index (χ4v) is 4.81. The molecule has 140 valence electrons. The molecular weight excluding hydrogens is 368 g/mol. The topological polar surface area (TPSA) is 50.5 Å². The molecule has 2 aromatic carbocycles. The Kier molecular flexibility index (Phi) is 4.28. The highest BCUT2D eigenvalue weighted by atomic mass is 32.2. The molecule has 1 amide bonds. The fourth-order valence-electron chi connectivity index (χ4n) is 3.93. The molecule has 0 atom stereocenters. The molecule has 0 bridgehead atoms. The number of fused-ring (bicyclic) bond motifs is 4. The average molecular weight is 388 g/mol. The number of anilines is 1. The second-order valence-electron chi connectivity index (χ2n) is 7.04. The van der Waals surface area contributed by atoms with Crippen LogP contribution in [0.15, 0.2) is 59.8 Å². The predicted molar refractivity (Wildman–Crippen MR) is 113 cm³/mol. The van der Waals surface area contributed by atoms with Crippen LogP contribution in [0.25, 0.3) is 16.6 Å². The lowest BCUT2D eigenvalue weighted by molar-refractivity contribution is -0.118. The molecule has 1 aliphatic rings. The summed E-state index contributed by atoms with van der Waals surface area (Å²) in [6.07, 6.45) is 1.42. The molecule has 0 saturated heterocycles. The van der Waals surface area contributed by atoms with Crippen molar-refractivity contribution in [2.75, 3.05) is 17.2 Å². The number of carbonyl (C=O) groups is 1. The van der Waals surface area contributed by atoms with Crippen LogP contribution >= 0.6 is 11.8 Å². The van der Waals surface area contributed by atoms with E-state index in [4.69, 9.17) is 0 Å². The van der Waals surface area contributed by atoms with Gasteiger partial charge < -0.3 is 4.90 Å². The molecule has 0 radical (unpaired) electrons. The van der Waals surface area contributed by atoms with Gasteiger partial charge >= 0.3 is 0 Å².